The van der Waals surface area contributed by atoms with Gasteiger partial charge in [0.05, 0.1) is 11.1 Å². The Morgan fingerprint density at radius 3 is 2.59 bits per heavy atom. The zero-order chi connectivity index (χ0) is 12.9. The van der Waals surface area contributed by atoms with E-state index in [1.165, 1.54) is 0 Å². The van der Waals surface area contributed by atoms with Gasteiger partial charge in [0.1, 0.15) is 11.9 Å². The van der Waals surface area contributed by atoms with E-state index < -0.39 is 0 Å². The van der Waals surface area contributed by atoms with Gasteiger partial charge >= 0.3 is 0 Å². The van der Waals surface area contributed by atoms with Crippen LogP contribution in [-0.2, 0) is 0 Å². The van der Waals surface area contributed by atoms with Gasteiger partial charge in [0.2, 0.25) is 0 Å². The van der Waals surface area contributed by atoms with Crippen molar-refractivity contribution in [2.24, 2.45) is 5.73 Å². The zero-order valence-corrected chi connectivity index (χ0v) is 10.7. The van der Waals surface area contributed by atoms with Crippen LogP contribution in [0.5, 0.6) is 0 Å². The van der Waals surface area contributed by atoms with Gasteiger partial charge in [-0.05, 0) is 31.4 Å². The molecule has 0 aromatic carbocycles. The summed E-state index contributed by atoms with van der Waals surface area (Å²) in [5, 5.41) is 12.5. The highest BCUT2D eigenvalue weighted by Crippen LogP contribution is 2.23. The Morgan fingerprint density at radius 1 is 1.47 bits per heavy atom. The molecule has 1 aromatic heterocycles. The first-order valence-corrected chi connectivity index (χ1v) is 5.96. The fourth-order valence-electron chi connectivity index (χ4n) is 1.81. The van der Waals surface area contributed by atoms with E-state index in [0.717, 1.165) is 18.4 Å². The van der Waals surface area contributed by atoms with Gasteiger partial charge in [-0.25, -0.2) is 4.98 Å². The summed E-state index contributed by atoms with van der Waals surface area (Å²) in [6.45, 7) is 6.62. The van der Waals surface area contributed by atoms with Crippen molar-refractivity contribution >= 4 is 5.82 Å². The van der Waals surface area contributed by atoms with Crippen LogP contribution in [0.2, 0.25) is 0 Å². The monoisotopic (exact) mass is 232 g/mol. The Morgan fingerprint density at radius 2 is 2.12 bits per heavy atom. The summed E-state index contributed by atoms with van der Waals surface area (Å²) in [5.41, 5.74) is 7.20. The fraction of sp³-hybridized carbons (Fsp3) is 0.538. The van der Waals surface area contributed by atoms with Crippen LogP contribution in [0.4, 0.5) is 5.82 Å². The lowest BCUT2D eigenvalue weighted by molar-refractivity contribution is 0.443. The SMILES string of the molecule is CCC(CC)(CN)Nc1nccc(C)c1C#N. The molecule has 92 valence electrons. The Hall–Kier alpha value is -1.60. The van der Waals surface area contributed by atoms with Crippen molar-refractivity contribution in [2.45, 2.75) is 39.2 Å². The van der Waals surface area contributed by atoms with Crippen molar-refractivity contribution in [1.82, 2.24) is 4.98 Å². The first-order valence-electron chi connectivity index (χ1n) is 5.96. The van der Waals surface area contributed by atoms with Crippen LogP contribution >= 0.6 is 0 Å². The predicted molar refractivity (Wildman–Crippen MR) is 69.7 cm³/mol. The minimum atomic E-state index is -0.174. The van der Waals surface area contributed by atoms with Crippen LogP contribution in [0.15, 0.2) is 12.3 Å². The highest BCUT2D eigenvalue weighted by Gasteiger charge is 2.25. The number of anilines is 1. The molecule has 0 aliphatic carbocycles. The maximum atomic E-state index is 9.15. The van der Waals surface area contributed by atoms with Crippen LogP contribution < -0.4 is 11.1 Å². The topological polar surface area (TPSA) is 74.7 Å². The number of hydrogen-bond acceptors (Lipinski definition) is 4. The lowest BCUT2D eigenvalue weighted by Crippen LogP contribution is -2.44. The summed E-state index contributed by atoms with van der Waals surface area (Å²) in [6.07, 6.45) is 3.52. The number of hydrogen-bond donors (Lipinski definition) is 2. The van der Waals surface area contributed by atoms with E-state index in [4.69, 9.17) is 11.0 Å². The van der Waals surface area contributed by atoms with Crippen molar-refractivity contribution in [3.8, 4) is 6.07 Å². The third-order valence-electron chi connectivity index (χ3n) is 3.40. The molecule has 0 aliphatic rings. The van der Waals surface area contributed by atoms with Gasteiger partial charge < -0.3 is 11.1 Å². The van der Waals surface area contributed by atoms with Crippen molar-refractivity contribution in [1.29, 1.82) is 5.26 Å². The van der Waals surface area contributed by atoms with Crippen LogP contribution in [0.25, 0.3) is 0 Å². The van der Waals surface area contributed by atoms with Crippen LogP contribution in [0, 0.1) is 18.3 Å². The number of rotatable bonds is 5. The van der Waals surface area contributed by atoms with Gasteiger partial charge in [-0.1, -0.05) is 13.8 Å². The smallest absolute Gasteiger partial charge is 0.144 e. The number of aromatic nitrogens is 1. The molecule has 0 spiro atoms. The first kappa shape index (κ1) is 13.5. The Bertz CT molecular complexity index is 408. The number of aryl methyl sites for hydroxylation is 1. The largest absolute Gasteiger partial charge is 0.362 e. The summed E-state index contributed by atoms with van der Waals surface area (Å²) in [4.78, 5) is 4.25. The van der Waals surface area contributed by atoms with Crippen molar-refractivity contribution in [2.75, 3.05) is 11.9 Å². The molecule has 1 aromatic rings. The van der Waals surface area contributed by atoms with Crippen LogP contribution in [0.3, 0.4) is 0 Å². The third-order valence-corrected chi connectivity index (χ3v) is 3.40. The van der Waals surface area contributed by atoms with Crippen molar-refractivity contribution < 1.29 is 0 Å². The Labute approximate surface area is 103 Å². The summed E-state index contributed by atoms with van der Waals surface area (Å²) in [5.74, 6) is 0.640. The molecule has 3 N–H and O–H groups in total. The summed E-state index contributed by atoms with van der Waals surface area (Å²) in [6, 6.07) is 4.03. The van der Waals surface area contributed by atoms with Crippen LogP contribution in [-0.4, -0.2) is 17.1 Å². The zero-order valence-electron chi connectivity index (χ0n) is 10.7. The normalized spacial score (nSPS) is 11.0. The molecule has 0 amide bonds. The van der Waals surface area contributed by atoms with Gasteiger partial charge in [-0.15, -0.1) is 0 Å². The second-order valence-electron chi connectivity index (χ2n) is 4.28. The molecule has 0 saturated heterocycles. The molecule has 0 fully saturated rings. The van der Waals surface area contributed by atoms with E-state index in [0.29, 0.717) is 17.9 Å². The van der Waals surface area contributed by atoms with E-state index >= 15 is 0 Å². The summed E-state index contributed by atoms with van der Waals surface area (Å²) < 4.78 is 0. The highest BCUT2D eigenvalue weighted by molar-refractivity contribution is 5.56. The van der Waals surface area contributed by atoms with E-state index in [9.17, 15) is 0 Å². The quantitative estimate of drug-likeness (QED) is 0.816. The number of nitrogens with one attached hydrogen (secondary N) is 1. The van der Waals surface area contributed by atoms with Gasteiger partial charge in [0, 0.05) is 12.7 Å². The Kier molecular flexibility index (Phi) is 4.47. The van der Waals surface area contributed by atoms with E-state index in [1.54, 1.807) is 6.20 Å². The maximum absolute atomic E-state index is 9.15. The van der Waals surface area contributed by atoms with Crippen molar-refractivity contribution in [3.05, 3.63) is 23.4 Å². The first-order chi connectivity index (χ1) is 8.12. The number of pyridine rings is 1. The van der Waals surface area contributed by atoms with E-state index in [2.05, 4.69) is 30.2 Å². The molecular weight excluding hydrogens is 212 g/mol. The fourth-order valence-corrected chi connectivity index (χ4v) is 1.81. The number of nitrogens with zero attached hydrogens (tertiary/aromatic N) is 2. The van der Waals surface area contributed by atoms with Gasteiger partial charge in [-0.3, -0.25) is 0 Å². The average molecular weight is 232 g/mol. The second-order valence-corrected chi connectivity index (χ2v) is 4.28. The van der Waals surface area contributed by atoms with Gasteiger partial charge in [0.25, 0.3) is 0 Å². The lowest BCUT2D eigenvalue weighted by Gasteiger charge is -2.32. The molecule has 17 heavy (non-hydrogen) atoms. The van der Waals surface area contributed by atoms with Gasteiger partial charge in [-0.2, -0.15) is 5.26 Å². The molecule has 4 heteroatoms. The van der Waals surface area contributed by atoms with E-state index in [-0.39, 0.29) is 5.54 Å². The lowest BCUT2D eigenvalue weighted by atomic mass is 9.92. The molecule has 0 saturated carbocycles. The van der Waals surface area contributed by atoms with Crippen LogP contribution in [0.1, 0.15) is 37.8 Å². The summed E-state index contributed by atoms with van der Waals surface area (Å²) in [7, 11) is 0. The Balaban J connectivity index is 3.10. The highest BCUT2D eigenvalue weighted by atomic mass is 15.1. The number of nitriles is 1. The molecule has 4 nitrogen and oxygen atoms in total. The van der Waals surface area contributed by atoms with E-state index in [1.807, 2.05) is 13.0 Å². The minimum Gasteiger partial charge on any atom is -0.362 e. The molecule has 1 heterocycles. The average Bonchev–Trinajstić information content (AvgIpc) is 2.36. The molecule has 0 atom stereocenters. The maximum Gasteiger partial charge on any atom is 0.144 e. The minimum absolute atomic E-state index is 0.174. The number of nitrogens with two attached hydrogens (primary N) is 1. The molecule has 0 unspecified atom stereocenters. The third kappa shape index (κ3) is 2.75. The predicted octanol–water partition coefficient (Wildman–Crippen LogP) is 2.19. The molecule has 0 aliphatic heterocycles. The molecule has 0 radical (unpaired) electrons. The molecule has 1 rings (SSSR count). The molecular formula is C13H20N4. The standard InChI is InChI=1S/C13H20N4/c1-4-13(5-2,9-15)17-12-11(8-14)10(3)6-7-16-12/h6-7H,4-5,9,15H2,1-3H3,(H,16,17). The molecule has 0 bridgehead atoms. The van der Waals surface area contributed by atoms with Gasteiger partial charge in [0.15, 0.2) is 0 Å². The summed E-state index contributed by atoms with van der Waals surface area (Å²) >= 11 is 0. The second kappa shape index (κ2) is 5.65. The van der Waals surface area contributed by atoms with Crippen molar-refractivity contribution in [3.63, 3.8) is 0 Å².